The van der Waals surface area contributed by atoms with Crippen molar-refractivity contribution in [1.82, 2.24) is 14.8 Å². The van der Waals surface area contributed by atoms with E-state index in [1.165, 1.54) is 0 Å². The minimum absolute atomic E-state index is 0.247. The van der Waals surface area contributed by atoms with Gasteiger partial charge in [0.1, 0.15) is 35.7 Å². The third-order valence-corrected chi connectivity index (χ3v) is 6.83. The third kappa shape index (κ3) is 3.25. The molecule has 0 bridgehead atoms. The Morgan fingerprint density at radius 1 is 0.971 bits per heavy atom. The highest BCUT2D eigenvalue weighted by atomic mass is 79.9. The number of fused-ring (bicyclic) bond motifs is 3. The van der Waals surface area contributed by atoms with E-state index in [1.807, 2.05) is 59.3 Å². The number of hydrogen-bond donors (Lipinski definition) is 1. The Hall–Kier alpha value is -3.78. The Morgan fingerprint density at radius 2 is 1.85 bits per heavy atom. The van der Waals surface area contributed by atoms with Gasteiger partial charge in [-0.2, -0.15) is 10.1 Å². The summed E-state index contributed by atoms with van der Waals surface area (Å²) in [4.78, 5) is 4.48. The van der Waals surface area contributed by atoms with Crippen LogP contribution in [-0.4, -0.2) is 29.0 Å². The average Bonchev–Trinajstić information content (AvgIpc) is 3.35. The van der Waals surface area contributed by atoms with Crippen molar-refractivity contribution in [1.29, 1.82) is 0 Å². The van der Waals surface area contributed by atoms with Crippen LogP contribution in [0.3, 0.4) is 0 Å². The number of nitrogens with zero attached hydrogens (tertiary/aromatic N) is 3. The average molecular weight is 517 g/mol. The number of para-hydroxylation sites is 1. The predicted molar refractivity (Wildman–Crippen MR) is 132 cm³/mol. The Labute approximate surface area is 205 Å². The lowest BCUT2D eigenvalue weighted by Gasteiger charge is -2.39. The number of nitrogens with one attached hydrogen (secondary N) is 1. The van der Waals surface area contributed by atoms with E-state index in [-0.39, 0.29) is 12.1 Å². The maximum atomic E-state index is 6.66. The fourth-order valence-corrected chi connectivity index (χ4v) is 5.23. The van der Waals surface area contributed by atoms with Crippen molar-refractivity contribution in [2.24, 2.45) is 0 Å². The largest absolute Gasteiger partial charge is 0.497 e. The molecule has 0 amide bonds. The third-order valence-electron chi connectivity index (χ3n) is 6.21. The van der Waals surface area contributed by atoms with Gasteiger partial charge in [-0.05, 0) is 63.5 Å². The van der Waals surface area contributed by atoms with Gasteiger partial charge in [0.15, 0.2) is 0 Å². The predicted octanol–water partition coefficient (Wildman–Crippen LogP) is 5.62. The highest BCUT2D eigenvalue weighted by Gasteiger charge is 2.41. The standard InChI is InChI=1S/C26H21BrN4O3/c1-32-17-7-5-6-15(12-17)24-22-23(30-26-28-14-29-31(24)26)18-8-3-4-9-20(18)34-25(22)16-10-11-21(33-2)19(27)13-16/h3-14,24-25H,1-2H3,(H,28,29,30)/t24-,25-/m1/s1. The number of ether oxygens (including phenoxy) is 3. The van der Waals surface area contributed by atoms with E-state index in [0.717, 1.165) is 49.7 Å². The first-order valence-corrected chi connectivity index (χ1v) is 11.6. The number of anilines is 1. The van der Waals surface area contributed by atoms with E-state index in [1.54, 1.807) is 20.5 Å². The van der Waals surface area contributed by atoms with Crippen molar-refractivity contribution in [3.05, 3.63) is 99.8 Å². The Balaban J connectivity index is 1.61. The highest BCUT2D eigenvalue weighted by molar-refractivity contribution is 9.10. The molecule has 34 heavy (non-hydrogen) atoms. The smallest absolute Gasteiger partial charge is 0.226 e. The summed E-state index contributed by atoms with van der Waals surface area (Å²) in [7, 11) is 3.33. The summed E-state index contributed by atoms with van der Waals surface area (Å²) >= 11 is 3.64. The lowest BCUT2D eigenvalue weighted by Crippen LogP contribution is -2.32. The van der Waals surface area contributed by atoms with Crippen LogP contribution in [0.1, 0.15) is 28.8 Å². The van der Waals surface area contributed by atoms with Gasteiger partial charge in [-0.3, -0.25) is 0 Å². The number of benzene rings is 3. The van der Waals surface area contributed by atoms with Gasteiger partial charge in [-0.1, -0.05) is 30.3 Å². The number of rotatable bonds is 4. The van der Waals surface area contributed by atoms with E-state index >= 15 is 0 Å². The van der Waals surface area contributed by atoms with Crippen LogP contribution in [-0.2, 0) is 0 Å². The maximum Gasteiger partial charge on any atom is 0.226 e. The van der Waals surface area contributed by atoms with E-state index < -0.39 is 0 Å². The van der Waals surface area contributed by atoms with Gasteiger partial charge in [0.25, 0.3) is 0 Å². The first-order valence-electron chi connectivity index (χ1n) is 10.8. The maximum absolute atomic E-state index is 6.66. The Morgan fingerprint density at radius 3 is 2.68 bits per heavy atom. The van der Waals surface area contributed by atoms with Crippen LogP contribution in [0.4, 0.5) is 5.95 Å². The van der Waals surface area contributed by atoms with Crippen molar-refractivity contribution < 1.29 is 14.2 Å². The first-order chi connectivity index (χ1) is 16.7. The zero-order chi connectivity index (χ0) is 23.2. The molecular weight excluding hydrogens is 496 g/mol. The lowest BCUT2D eigenvalue weighted by molar-refractivity contribution is 0.223. The van der Waals surface area contributed by atoms with Gasteiger partial charge in [0, 0.05) is 11.1 Å². The molecule has 6 rings (SSSR count). The Bertz CT molecular complexity index is 1430. The molecule has 4 aromatic rings. The molecule has 2 atom stereocenters. The molecule has 8 heteroatoms. The van der Waals surface area contributed by atoms with Crippen LogP contribution < -0.4 is 19.5 Å². The first kappa shape index (κ1) is 20.8. The second-order valence-corrected chi connectivity index (χ2v) is 8.91. The van der Waals surface area contributed by atoms with Gasteiger partial charge in [0.2, 0.25) is 5.95 Å². The molecule has 0 saturated carbocycles. The summed E-state index contributed by atoms with van der Waals surface area (Å²) in [6.07, 6.45) is 1.20. The molecule has 3 heterocycles. The van der Waals surface area contributed by atoms with Crippen LogP contribution in [0.25, 0.3) is 5.70 Å². The molecular formula is C26H21BrN4O3. The lowest BCUT2D eigenvalue weighted by atomic mass is 9.84. The normalized spacial score (nSPS) is 18.2. The molecule has 7 nitrogen and oxygen atoms in total. The summed E-state index contributed by atoms with van der Waals surface area (Å²) in [5.74, 6) is 3.03. The zero-order valence-corrected chi connectivity index (χ0v) is 20.1. The monoisotopic (exact) mass is 516 g/mol. The molecule has 0 saturated heterocycles. The number of halogens is 1. The molecule has 2 aliphatic heterocycles. The van der Waals surface area contributed by atoms with Crippen LogP contribution in [0.2, 0.25) is 0 Å². The van der Waals surface area contributed by atoms with E-state index in [0.29, 0.717) is 5.95 Å². The van der Waals surface area contributed by atoms with Crippen molar-refractivity contribution >= 4 is 27.6 Å². The molecule has 0 radical (unpaired) electrons. The fourth-order valence-electron chi connectivity index (χ4n) is 4.67. The van der Waals surface area contributed by atoms with E-state index in [2.05, 4.69) is 43.5 Å². The highest BCUT2D eigenvalue weighted by Crippen LogP contribution is 2.51. The van der Waals surface area contributed by atoms with Gasteiger partial charge in [0.05, 0.1) is 24.4 Å². The molecule has 1 aromatic heterocycles. The molecule has 0 unspecified atom stereocenters. The molecule has 0 spiro atoms. The molecule has 1 N–H and O–H groups in total. The fraction of sp³-hybridized carbons (Fsp3) is 0.154. The van der Waals surface area contributed by atoms with E-state index in [4.69, 9.17) is 14.2 Å². The quantitative estimate of drug-likeness (QED) is 0.379. The topological polar surface area (TPSA) is 70.4 Å². The van der Waals surface area contributed by atoms with Gasteiger partial charge >= 0.3 is 0 Å². The number of methoxy groups -OCH3 is 2. The van der Waals surface area contributed by atoms with Crippen molar-refractivity contribution in [2.75, 3.05) is 19.5 Å². The molecule has 0 aliphatic carbocycles. The van der Waals surface area contributed by atoms with E-state index in [9.17, 15) is 0 Å². The van der Waals surface area contributed by atoms with Gasteiger partial charge in [-0.25, -0.2) is 4.68 Å². The molecule has 170 valence electrons. The molecule has 0 fully saturated rings. The summed E-state index contributed by atoms with van der Waals surface area (Å²) in [6.45, 7) is 0. The Kier molecular flexibility index (Phi) is 5.03. The minimum atomic E-state index is -0.367. The summed E-state index contributed by atoms with van der Waals surface area (Å²) in [5, 5.41) is 8.10. The number of hydrogen-bond acceptors (Lipinski definition) is 6. The van der Waals surface area contributed by atoms with Crippen LogP contribution in [0.5, 0.6) is 17.2 Å². The van der Waals surface area contributed by atoms with Crippen molar-refractivity contribution in [2.45, 2.75) is 12.1 Å². The van der Waals surface area contributed by atoms with Gasteiger partial charge in [-0.15, -0.1) is 0 Å². The van der Waals surface area contributed by atoms with Crippen molar-refractivity contribution in [3.63, 3.8) is 0 Å². The van der Waals surface area contributed by atoms with Crippen LogP contribution in [0.15, 0.2) is 83.1 Å². The SMILES string of the molecule is COc1cccc([C@@H]2C3=C(Nc4ncnn42)c2ccccc2O[C@@H]3c2ccc(OC)c(Br)c2)c1. The van der Waals surface area contributed by atoms with Crippen LogP contribution >= 0.6 is 15.9 Å². The summed E-state index contributed by atoms with van der Waals surface area (Å²) < 4.78 is 20.4. The second-order valence-electron chi connectivity index (χ2n) is 8.05. The summed E-state index contributed by atoms with van der Waals surface area (Å²) in [5.41, 5.74) is 5.03. The van der Waals surface area contributed by atoms with Crippen LogP contribution in [0, 0.1) is 0 Å². The second kappa shape index (κ2) is 8.22. The molecule has 2 aliphatic rings. The van der Waals surface area contributed by atoms with Gasteiger partial charge < -0.3 is 19.5 Å². The minimum Gasteiger partial charge on any atom is -0.497 e. The van der Waals surface area contributed by atoms with Crippen molar-refractivity contribution in [3.8, 4) is 17.2 Å². The summed E-state index contributed by atoms with van der Waals surface area (Å²) in [6, 6.07) is 21.9. The number of aromatic nitrogens is 3. The zero-order valence-electron chi connectivity index (χ0n) is 18.5. The molecule has 3 aromatic carbocycles.